The first-order valence-corrected chi connectivity index (χ1v) is 7.20. The summed E-state index contributed by atoms with van der Waals surface area (Å²) in [5.41, 5.74) is -0.770. The molecular formula is C15H17F3N2O3. The van der Waals surface area contributed by atoms with Gasteiger partial charge in [0, 0.05) is 18.7 Å². The fourth-order valence-corrected chi connectivity index (χ4v) is 2.17. The molecule has 0 bridgehead atoms. The topological polar surface area (TPSA) is 67.4 Å². The summed E-state index contributed by atoms with van der Waals surface area (Å²) in [7, 11) is 0. The molecule has 1 atom stereocenters. The van der Waals surface area contributed by atoms with Crippen LogP contribution < -0.4 is 10.6 Å². The van der Waals surface area contributed by atoms with Crippen LogP contribution in [-0.2, 0) is 15.7 Å². The largest absolute Gasteiger partial charge is 0.416 e. The molecule has 0 aliphatic carbocycles. The minimum absolute atomic E-state index is 0.00423. The highest BCUT2D eigenvalue weighted by molar-refractivity contribution is 5.96. The Morgan fingerprint density at radius 2 is 1.87 bits per heavy atom. The molecule has 8 heteroatoms. The minimum atomic E-state index is -4.45. The number of carbonyl (C=O) groups is 2. The molecule has 1 fully saturated rings. The summed E-state index contributed by atoms with van der Waals surface area (Å²) in [5.74, 6) is -0.980. The lowest BCUT2D eigenvalue weighted by Gasteiger charge is -2.11. The Hall–Kier alpha value is -2.09. The quantitative estimate of drug-likeness (QED) is 0.864. The van der Waals surface area contributed by atoms with Crippen LogP contribution in [0.1, 0.15) is 28.8 Å². The Kier molecular flexibility index (Phi) is 5.59. The second-order valence-corrected chi connectivity index (χ2v) is 5.20. The van der Waals surface area contributed by atoms with E-state index in [1.807, 2.05) is 0 Å². The monoisotopic (exact) mass is 330 g/mol. The van der Waals surface area contributed by atoms with E-state index in [2.05, 4.69) is 10.6 Å². The number of benzene rings is 1. The Labute approximate surface area is 131 Å². The molecule has 1 aromatic rings. The average molecular weight is 330 g/mol. The number of nitrogens with one attached hydrogen (secondary N) is 2. The summed E-state index contributed by atoms with van der Waals surface area (Å²) in [6.07, 6.45) is -2.59. The van der Waals surface area contributed by atoms with Crippen molar-refractivity contribution >= 4 is 11.8 Å². The van der Waals surface area contributed by atoms with Gasteiger partial charge in [0.05, 0.1) is 18.2 Å². The van der Waals surface area contributed by atoms with Crippen LogP contribution in [-0.4, -0.2) is 37.6 Å². The van der Waals surface area contributed by atoms with Gasteiger partial charge in [0.25, 0.3) is 5.91 Å². The van der Waals surface area contributed by atoms with E-state index in [1.54, 1.807) is 0 Å². The van der Waals surface area contributed by atoms with Gasteiger partial charge >= 0.3 is 6.18 Å². The van der Waals surface area contributed by atoms with Gasteiger partial charge in [-0.15, -0.1) is 0 Å². The summed E-state index contributed by atoms with van der Waals surface area (Å²) in [6.45, 7) is 0.826. The average Bonchev–Trinajstić information content (AvgIpc) is 3.03. The van der Waals surface area contributed by atoms with E-state index in [0.717, 1.165) is 37.1 Å². The van der Waals surface area contributed by atoms with Gasteiger partial charge in [0.2, 0.25) is 5.91 Å². The molecule has 5 nitrogen and oxygen atoms in total. The Morgan fingerprint density at radius 3 is 2.43 bits per heavy atom. The van der Waals surface area contributed by atoms with E-state index in [0.29, 0.717) is 13.2 Å². The van der Waals surface area contributed by atoms with Gasteiger partial charge in [0.1, 0.15) is 0 Å². The highest BCUT2D eigenvalue weighted by Gasteiger charge is 2.30. The number of alkyl halides is 3. The van der Waals surface area contributed by atoms with Crippen LogP contribution in [0, 0.1) is 0 Å². The van der Waals surface area contributed by atoms with Gasteiger partial charge < -0.3 is 15.4 Å². The number of halogens is 3. The smallest absolute Gasteiger partial charge is 0.376 e. The second kappa shape index (κ2) is 7.45. The van der Waals surface area contributed by atoms with E-state index in [4.69, 9.17) is 4.74 Å². The summed E-state index contributed by atoms with van der Waals surface area (Å²) in [6, 6.07) is 3.80. The standard InChI is InChI=1S/C15H17F3N2O3/c16-15(17,18)11-5-3-10(4-6-11)14(22)20-9-13(21)19-8-12-2-1-7-23-12/h3-6,12H,1-2,7-9H2,(H,19,21)(H,20,22). The molecule has 1 unspecified atom stereocenters. The first-order valence-electron chi connectivity index (χ1n) is 7.20. The molecule has 1 aliphatic rings. The van der Waals surface area contributed by atoms with Crippen molar-refractivity contribution < 1.29 is 27.5 Å². The molecule has 1 heterocycles. The molecule has 2 amide bonds. The van der Waals surface area contributed by atoms with E-state index in [9.17, 15) is 22.8 Å². The summed E-state index contributed by atoms with van der Waals surface area (Å²) < 4.78 is 42.6. The lowest BCUT2D eigenvalue weighted by molar-refractivity contribution is -0.137. The SMILES string of the molecule is O=C(CNC(=O)c1ccc(C(F)(F)F)cc1)NCC1CCCO1. The predicted octanol–water partition coefficient (Wildman–Crippen LogP) is 1.73. The third-order valence-corrected chi connectivity index (χ3v) is 3.43. The molecule has 0 aromatic heterocycles. The van der Waals surface area contributed by atoms with Gasteiger partial charge in [-0.3, -0.25) is 9.59 Å². The van der Waals surface area contributed by atoms with Crippen molar-refractivity contribution in [3.05, 3.63) is 35.4 Å². The third kappa shape index (κ3) is 5.24. The molecule has 2 N–H and O–H groups in total. The van der Waals surface area contributed by atoms with Crippen LogP contribution in [0.2, 0.25) is 0 Å². The number of ether oxygens (including phenoxy) is 1. The number of hydrogen-bond acceptors (Lipinski definition) is 3. The fraction of sp³-hybridized carbons (Fsp3) is 0.467. The zero-order valence-corrected chi connectivity index (χ0v) is 12.3. The van der Waals surface area contributed by atoms with Gasteiger partial charge in [-0.25, -0.2) is 0 Å². The molecule has 1 saturated heterocycles. The Bertz CT molecular complexity index is 552. The fourth-order valence-electron chi connectivity index (χ4n) is 2.17. The molecule has 1 aliphatic heterocycles. The van der Waals surface area contributed by atoms with Crippen molar-refractivity contribution in [3.63, 3.8) is 0 Å². The van der Waals surface area contributed by atoms with Crippen molar-refractivity contribution in [2.24, 2.45) is 0 Å². The Balaban J connectivity index is 1.76. The van der Waals surface area contributed by atoms with Gasteiger partial charge in [0.15, 0.2) is 0 Å². The number of hydrogen-bond donors (Lipinski definition) is 2. The second-order valence-electron chi connectivity index (χ2n) is 5.20. The normalized spacial score (nSPS) is 17.8. The van der Waals surface area contributed by atoms with Gasteiger partial charge in [-0.2, -0.15) is 13.2 Å². The minimum Gasteiger partial charge on any atom is -0.376 e. The van der Waals surface area contributed by atoms with Gasteiger partial charge in [-0.05, 0) is 37.1 Å². The van der Waals surface area contributed by atoms with Crippen molar-refractivity contribution in [1.29, 1.82) is 0 Å². The van der Waals surface area contributed by atoms with E-state index in [-0.39, 0.29) is 24.1 Å². The van der Waals surface area contributed by atoms with E-state index < -0.39 is 17.6 Å². The summed E-state index contributed by atoms with van der Waals surface area (Å²) in [5, 5.41) is 4.99. The molecule has 2 rings (SSSR count). The Morgan fingerprint density at radius 1 is 1.17 bits per heavy atom. The van der Waals surface area contributed by atoms with Crippen molar-refractivity contribution in [1.82, 2.24) is 10.6 Å². The molecular weight excluding hydrogens is 313 g/mol. The van der Waals surface area contributed by atoms with Crippen LogP contribution >= 0.6 is 0 Å². The van der Waals surface area contributed by atoms with Crippen molar-refractivity contribution in [2.45, 2.75) is 25.1 Å². The number of amides is 2. The lowest BCUT2D eigenvalue weighted by atomic mass is 10.1. The van der Waals surface area contributed by atoms with E-state index in [1.165, 1.54) is 0 Å². The molecule has 23 heavy (non-hydrogen) atoms. The summed E-state index contributed by atoms with van der Waals surface area (Å²) >= 11 is 0. The molecule has 1 aromatic carbocycles. The van der Waals surface area contributed by atoms with Crippen LogP contribution in [0.3, 0.4) is 0 Å². The first-order chi connectivity index (χ1) is 10.9. The van der Waals surface area contributed by atoms with E-state index >= 15 is 0 Å². The van der Waals surface area contributed by atoms with Gasteiger partial charge in [-0.1, -0.05) is 0 Å². The maximum absolute atomic E-state index is 12.4. The number of carbonyl (C=O) groups excluding carboxylic acids is 2. The highest BCUT2D eigenvalue weighted by Crippen LogP contribution is 2.29. The third-order valence-electron chi connectivity index (χ3n) is 3.43. The zero-order valence-electron chi connectivity index (χ0n) is 12.3. The zero-order chi connectivity index (χ0) is 16.9. The predicted molar refractivity (Wildman–Crippen MR) is 75.8 cm³/mol. The first kappa shape index (κ1) is 17.3. The number of rotatable bonds is 5. The molecule has 126 valence electrons. The van der Waals surface area contributed by atoms with Crippen LogP contribution in [0.5, 0.6) is 0 Å². The maximum atomic E-state index is 12.4. The lowest BCUT2D eigenvalue weighted by Crippen LogP contribution is -2.39. The van der Waals surface area contributed by atoms with Crippen LogP contribution in [0.4, 0.5) is 13.2 Å². The molecule has 0 saturated carbocycles. The molecule has 0 spiro atoms. The van der Waals surface area contributed by atoms with Crippen LogP contribution in [0.15, 0.2) is 24.3 Å². The maximum Gasteiger partial charge on any atom is 0.416 e. The van der Waals surface area contributed by atoms with Crippen molar-refractivity contribution in [2.75, 3.05) is 19.7 Å². The van der Waals surface area contributed by atoms with Crippen LogP contribution in [0.25, 0.3) is 0 Å². The summed E-state index contributed by atoms with van der Waals surface area (Å²) in [4.78, 5) is 23.4. The highest BCUT2D eigenvalue weighted by atomic mass is 19.4. The van der Waals surface area contributed by atoms with Crippen molar-refractivity contribution in [3.8, 4) is 0 Å². The molecule has 0 radical (unpaired) electrons.